The van der Waals surface area contributed by atoms with Crippen LogP contribution < -0.4 is 0 Å². The molecule has 0 fully saturated rings. The second kappa shape index (κ2) is 7.06. The molecule has 0 aliphatic heterocycles. The monoisotopic (exact) mass is 286 g/mol. The number of nitrogens with zero attached hydrogens (tertiary/aromatic N) is 2. The minimum atomic E-state index is -0.580. The van der Waals surface area contributed by atoms with E-state index < -0.39 is 10.8 Å². The Balaban J connectivity index is 3.08. The van der Waals surface area contributed by atoms with Crippen molar-refractivity contribution < 1.29 is 14.8 Å². The van der Waals surface area contributed by atoms with Gasteiger partial charge in [-0.3, -0.25) is 14.9 Å². The summed E-state index contributed by atoms with van der Waals surface area (Å²) < 4.78 is 0. The number of aliphatic hydroxyl groups is 1. The standard InChI is InChI=1S/C12H15ClN2O4/c1-2-5-14(6-7-16)12(17)10-8-9(15(18)19)3-4-11(10)13/h3-4,8,16H,2,5-7H2,1H3. The van der Waals surface area contributed by atoms with Crippen molar-refractivity contribution in [3.8, 4) is 0 Å². The van der Waals surface area contributed by atoms with E-state index in [9.17, 15) is 14.9 Å². The highest BCUT2D eigenvalue weighted by molar-refractivity contribution is 6.33. The smallest absolute Gasteiger partial charge is 0.270 e. The molecule has 1 aromatic carbocycles. The Morgan fingerprint density at radius 3 is 2.68 bits per heavy atom. The SMILES string of the molecule is CCCN(CCO)C(=O)c1cc([N+](=O)[O-])ccc1Cl. The summed E-state index contributed by atoms with van der Waals surface area (Å²) in [6.07, 6.45) is 0.721. The number of nitro benzene ring substituents is 1. The highest BCUT2D eigenvalue weighted by Crippen LogP contribution is 2.23. The van der Waals surface area contributed by atoms with Gasteiger partial charge in [0, 0.05) is 25.2 Å². The van der Waals surface area contributed by atoms with Crippen molar-refractivity contribution in [1.29, 1.82) is 0 Å². The van der Waals surface area contributed by atoms with E-state index in [2.05, 4.69) is 0 Å². The summed E-state index contributed by atoms with van der Waals surface area (Å²) in [5.74, 6) is -0.412. The first kappa shape index (κ1) is 15.4. The molecule has 0 saturated carbocycles. The Hall–Kier alpha value is -1.66. The second-order valence-corrected chi connectivity index (χ2v) is 4.34. The molecule has 0 unspecified atom stereocenters. The first-order valence-corrected chi connectivity index (χ1v) is 6.23. The van der Waals surface area contributed by atoms with E-state index >= 15 is 0 Å². The largest absolute Gasteiger partial charge is 0.395 e. The zero-order valence-electron chi connectivity index (χ0n) is 10.5. The van der Waals surface area contributed by atoms with Gasteiger partial charge in [-0.15, -0.1) is 0 Å². The fourth-order valence-electron chi connectivity index (χ4n) is 1.67. The lowest BCUT2D eigenvalue weighted by Gasteiger charge is -2.21. The summed E-state index contributed by atoms with van der Waals surface area (Å²) in [6.45, 7) is 2.36. The normalized spacial score (nSPS) is 10.3. The maximum atomic E-state index is 12.2. The van der Waals surface area contributed by atoms with E-state index in [0.29, 0.717) is 6.54 Å². The molecule has 1 rings (SSSR count). The van der Waals surface area contributed by atoms with Crippen molar-refractivity contribution in [2.24, 2.45) is 0 Å². The molecule has 0 heterocycles. The molecule has 1 aromatic rings. The number of nitro groups is 1. The topological polar surface area (TPSA) is 83.7 Å². The highest BCUT2D eigenvalue weighted by atomic mass is 35.5. The minimum absolute atomic E-state index is 0.0813. The van der Waals surface area contributed by atoms with E-state index in [-0.39, 0.29) is 29.4 Å². The molecule has 0 atom stereocenters. The molecule has 6 nitrogen and oxygen atoms in total. The Bertz CT molecular complexity index is 473. The fourth-order valence-corrected chi connectivity index (χ4v) is 1.86. The highest BCUT2D eigenvalue weighted by Gasteiger charge is 2.20. The molecule has 7 heteroatoms. The molecular weight excluding hydrogens is 272 g/mol. The lowest BCUT2D eigenvalue weighted by atomic mass is 10.1. The third-order valence-corrected chi connectivity index (χ3v) is 2.87. The molecule has 1 amide bonds. The molecule has 1 N–H and O–H groups in total. The van der Waals surface area contributed by atoms with Gasteiger partial charge in [-0.1, -0.05) is 18.5 Å². The van der Waals surface area contributed by atoms with E-state index in [0.717, 1.165) is 12.5 Å². The lowest BCUT2D eigenvalue weighted by molar-refractivity contribution is -0.384. The van der Waals surface area contributed by atoms with E-state index in [4.69, 9.17) is 16.7 Å². The number of carbonyl (C=O) groups excluding carboxylic acids is 1. The average molecular weight is 287 g/mol. The van der Waals surface area contributed by atoms with E-state index in [1.807, 2.05) is 6.92 Å². The Morgan fingerprint density at radius 1 is 1.47 bits per heavy atom. The molecule has 104 valence electrons. The first-order valence-electron chi connectivity index (χ1n) is 5.85. The van der Waals surface area contributed by atoms with Gasteiger partial charge in [-0.05, 0) is 12.5 Å². The summed E-state index contributed by atoms with van der Waals surface area (Å²) in [7, 11) is 0. The Morgan fingerprint density at radius 2 is 2.16 bits per heavy atom. The number of carbonyl (C=O) groups is 1. The van der Waals surface area contributed by atoms with Crippen molar-refractivity contribution in [3.05, 3.63) is 38.9 Å². The number of hydrogen-bond donors (Lipinski definition) is 1. The predicted molar refractivity (Wildman–Crippen MR) is 71.4 cm³/mol. The zero-order valence-corrected chi connectivity index (χ0v) is 11.3. The van der Waals surface area contributed by atoms with Crippen LogP contribution in [0.3, 0.4) is 0 Å². The lowest BCUT2D eigenvalue weighted by Crippen LogP contribution is -2.34. The van der Waals surface area contributed by atoms with Crippen molar-refractivity contribution >= 4 is 23.2 Å². The zero-order chi connectivity index (χ0) is 14.4. The molecule has 0 bridgehead atoms. The molecule has 19 heavy (non-hydrogen) atoms. The summed E-state index contributed by atoms with van der Waals surface area (Å²) in [5.41, 5.74) is -0.106. The Labute approximate surface area is 115 Å². The van der Waals surface area contributed by atoms with Crippen LogP contribution in [0, 0.1) is 10.1 Å². The van der Waals surface area contributed by atoms with E-state index in [1.54, 1.807) is 0 Å². The van der Waals surface area contributed by atoms with Crippen LogP contribution >= 0.6 is 11.6 Å². The number of aliphatic hydroxyl groups excluding tert-OH is 1. The summed E-state index contributed by atoms with van der Waals surface area (Å²) in [6, 6.07) is 3.73. The van der Waals surface area contributed by atoms with Crippen LogP contribution in [0.25, 0.3) is 0 Å². The molecule has 0 saturated heterocycles. The summed E-state index contributed by atoms with van der Waals surface area (Å²) in [4.78, 5) is 23.8. The second-order valence-electron chi connectivity index (χ2n) is 3.94. The van der Waals surface area contributed by atoms with Gasteiger partial charge in [0.1, 0.15) is 0 Å². The van der Waals surface area contributed by atoms with Gasteiger partial charge < -0.3 is 10.0 Å². The van der Waals surface area contributed by atoms with Crippen LogP contribution in [-0.2, 0) is 0 Å². The van der Waals surface area contributed by atoms with Crippen LogP contribution in [-0.4, -0.2) is 40.5 Å². The number of benzene rings is 1. The fraction of sp³-hybridized carbons (Fsp3) is 0.417. The maximum absolute atomic E-state index is 12.2. The van der Waals surface area contributed by atoms with Crippen LogP contribution in [0.2, 0.25) is 5.02 Å². The number of rotatable bonds is 6. The van der Waals surface area contributed by atoms with Crippen LogP contribution in [0.4, 0.5) is 5.69 Å². The van der Waals surface area contributed by atoms with Crippen LogP contribution in [0.15, 0.2) is 18.2 Å². The third kappa shape index (κ3) is 3.90. The van der Waals surface area contributed by atoms with Crippen molar-refractivity contribution in [3.63, 3.8) is 0 Å². The van der Waals surface area contributed by atoms with Gasteiger partial charge in [0.15, 0.2) is 0 Å². The van der Waals surface area contributed by atoms with Gasteiger partial charge in [-0.2, -0.15) is 0 Å². The molecular formula is C12H15ClN2O4. The maximum Gasteiger partial charge on any atom is 0.270 e. The van der Waals surface area contributed by atoms with Gasteiger partial charge in [0.25, 0.3) is 11.6 Å². The number of non-ortho nitro benzene ring substituents is 1. The van der Waals surface area contributed by atoms with Crippen molar-refractivity contribution in [2.45, 2.75) is 13.3 Å². The number of hydrogen-bond acceptors (Lipinski definition) is 4. The minimum Gasteiger partial charge on any atom is -0.395 e. The van der Waals surface area contributed by atoms with Gasteiger partial charge in [0.05, 0.1) is 22.1 Å². The molecule has 0 aliphatic rings. The summed E-state index contributed by atoms with van der Waals surface area (Å²) in [5, 5.41) is 19.8. The third-order valence-electron chi connectivity index (χ3n) is 2.54. The van der Waals surface area contributed by atoms with Crippen molar-refractivity contribution in [1.82, 2.24) is 4.90 Å². The van der Waals surface area contributed by atoms with Crippen molar-refractivity contribution in [2.75, 3.05) is 19.7 Å². The van der Waals surface area contributed by atoms with Gasteiger partial charge in [-0.25, -0.2) is 0 Å². The quantitative estimate of drug-likeness (QED) is 0.641. The van der Waals surface area contributed by atoms with Gasteiger partial charge >= 0.3 is 0 Å². The Kier molecular flexibility index (Phi) is 5.72. The number of amides is 1. The number of halogens is 1. The average Bonchev–Trinajstić information content (AvgIpc) is 2.38. The molecule has 0 radical (unpaired) electrons. The molecule has 0 aliphatic carbocycles. The van der Waals surface area contributed by atoms with Gasteiger partial charge in [0.2, 0.25) is 0 Å². The summed E-state index contributed by atoms with van der Waals surface area (Å²) >= 11 is 5.91. The van der Waals surface area contributed by atoms with Crippen LogP contribution in [0.5, 0.6) is 0 Å². The molecule has 0 aromatic heterocycles. The van der Waals surface area contributed by atoms with Crippen LogP contribution in [0.1, 0.15) is 23.7 Å². The first-order chi connectivity index (χ1) is 9.01. The predicted octanol–water partition coefficient (Wildman–Crippen LogP) is 2.09. The van der Waals surface area contributed by atoms with E-state index in [1.165, 1.54) is 17.0 Å². The molecule has 0 spiro atoms.